The Hall–Kier alpha value is -1.36. The van der Waals surface area contributed by atoms with Gasteiger partial charge in [0.2, 0.25) is 5.95 Å². The van der Waals surface area contributed by atoms with Crippen molar-refractivity contribution in [1.29, 1.82) is 0 Å². The summed E-state index contributed by atoms with van der Waals surface area (Å²) in [5, 5.41) is 9.77. The number of nitrogens with one attached hydrogen (secondary N) is 2. The van der Waals surface area contributed by atoms with E-state index >= 15 is 0 Å². The molecule has 0 aromatic carbocycles. The van der Waals surface area contributed by atoms with Crippen LogP contribution < -0.4 is 10.6 Å². The van der Waals surface area contributed by atoms with Crippen molar-refractivity contribution in [1.82, 2.24) is 9.97 Å². The summed E-state index contributed by atoms with van der Waals surface area (Å²) in [6, 6.07) is 2.10. The number of fused-ring (bicyclic) bond motifs is 1. The molecule has 2 unspecified atom stereocenters. The van der Waals surface area contributed by atoms with Gasteiger partial charge < -0.3 is 10.6 Å². The zero-order valence-electron chi connectivity index (χ0n) is 11.4. The van der Waals surface area contributed by atoms with E-state index < -0.39 is 0 Å². The van der Waals surface area contributed by atoms with E-state index in [-0.39, 0.29) is 0 Å². The molecule has 2 aromatic heterocycles. The molecule has 0 aliphatic heterocycles. The Morgan fingerprint density at radius 2 is 2.26 bits per heavy atom. The van der Waals surface area contributed by atoms with E-state index in [1.165, 1.54) is 19.3 Å². The van der Waals surface area contributed by atoms with Crippen molar-refractivity contribution in [2.45, 2.75) is 26.2 Å². The van der Waals surface area contributed by atoms with Crippen molar-refractivity contribution in [3.63, 3.8) is 0 Å². The highest BCUT2D eigenvalue weighted by molar-refractivity contribution is 7.16. The second kappa shape index (κ2) is 5.33. The first-order valence-corrected chi connectivity index (χ1v) is 7.82. The SMILES string of the molecule is CNc1nc(NCC2CCCC2C)c2ccsc2n1. The van der Waals surface area contributed by atoms with Gasteiger partial charge in [0.1, 0.15) is 10.6 Å². The van der Waals surface area contributed by atoms with Crippen LogP contribution in [0.4, 0.5) is 11.8 Å². The van der Waals surface area contributed by atoms with Gasteiger partial charge >= 0.3 is 0 Å². The quantitative estimate of drug-likeness (QED) is 0.896. The third kappa shape index (κ3) is 2.52. The zero-order chi connectivity index (χ0) is 13.2. The van der Waals surface area contributed by atoms with E-state index in [1.807, 2.05) is 7.05 Å². The first kappa shape index (κ1) is 12.7. The van der Waals surface area contributed by atoms with E-state index in [2.05, 4.69) is 39.0 Å². The lowest BCUT2D eigenvalue weighted by Gasteiger charge is -2.17. The molecule has 1 aliphatic rings. The average molecular weight is 276 g/mol. The molecule has 2 heterocycles. The summed E-state index contributed by atoms with van der Waals surface area (Å²) in [7, 11) is 1.86. The molecule has 0 radical (unpaired) electrons. The molecule has 1 saturated carbocycles. The van der Waals surface area contributed by atoms with Crippen molar-refractivity contribution in [3.8, 4) is 0 Å². The maximum Gasteiger partial charge on any atom is 0.225 e. The molecule has 0 saturated heterocycles. The second-order valence-electron chi connectivity index (χ2n) is 5.33. The smallest absolute Gasteiger partial charge is 0.225 e. The fourth-order valence-electron chi connectivity index (χ4n) is 2.86. The van der Waals surface area contributed by atoms with Gasteiger partial charge in [-0.15, -0.1) is 11.3 Å². The molecule has 0 bridgehead atoms. The Balaban J connectivity index is 1.81. The maximum atomic E-state index is 4.55. The van der Waals surface area contributed by atoms with Gasteiger partial charge in [-0.2, -0.15) is 4.98 Å². The largest absolute Gasteiger partial charge is 0.369 e. The van der Waals surface area contributed by atoms with Crippen LogP contribution in [0.5, 0.6) is 0 Å². The van der Waals surface area contributed by atoms with Crippen LogP contribution in [-0.4, -0.2) is 23.6 Å². The number of hydrogen-bond acceptors (Lipinski definition) is 5. The molecule has 2 aromatic rings. The number of rotatable bonds is 4. The van der Waals surface area contributed by atoms with Gasteiger partial charge in [-0.3, -0.25) is 0 Å². The van der Waals surface area contributed by atoms with Crippen LogP contribution in [0.15, 0.2) is 11.4 Å². The molecule has 3 rings (SSSR count). The molecule has 2 N–H and O–H groups in total. The van der Waals surface area contributed by atoms with Crippen molar-refractivity contribution >= 4 is 33.3 Å². The monoisotopic (exact) mass is 276 g/mol. The van der Waals surface area contributed by atoms with E-state index in [0.29, 0.717) is 5.95 Å². The molecular formula is C14H20N4S. The maximum absolute atomic E-state index is 4.55. The standard InChI is InChI=1S/C14H20N4S/c1-9-4-3-5-10(9)8-16-12-11-6-7-19-13(11)18-14(15-2)17-12/h6-7,9-10H,3-5,8H2,1-2H3,(H2,15,16,17,18). The second-order valence-corrected chi connectivity index (χ2v) is 6.23. The fourth-order valence-corrected chi connectivity index (χ4v) is 3.62. The Bertz CT molecular complexity index is 566. The van der Waals surface area contributed by atoms with Crippen LogP contribution in [-0.2, 0) is 0 Å². The fraction of sp³-hybridized carbons (Fsp3) is 0.571. The lowest BCUT2D eigenvalue weighted by atomic mass is 9.98. The third-order valence-corrected chi connectivity index (χ3v) is 4.93. The number of aromatic nitrogens is 2. The van der Waals surface area contributed by atoms with Crippen LogP contribution in [0.1, 0.15) is 26.2 Å². The van der Waals surface area contributed by atoms with Crippen molar-refractivity contribution < 1.29 is 0 Å². The number of thiophene rings is 1. The van der Waals surface area contributed by atoms with Crippen molar-refractivity contribution in [3.05, 3.63) is 11.4 Å². The van der Waals surface area contributed by atoms with Gasteiger partial charge in [-0.25, -0.2) is 4.98 Å². The summed E-state index contributed by atoms with van der Waals surface area (Å²) in [5.74, 6) is 3.27. The van der Waals surface area contributed by atoms with E-state index in [4.69, 9.17) is 0 Å². The van der Waals surface area contributed by atoms with Crippen LogP contribution in [0, 0.1) is 11.8 Å². The number of anilines is 2. The summed E-state index contributed by atoms with van der Waals surface area (Å²) in [5.41, 5.74) is 0. The van der Waals surface area contributed by atoms with Crippen LogP contribution in [0.2, 0.25) is 0 Å². The van der Waals surface area contributed by atoms with Crippen LogP contribution >= 0.6 is 11.3 Å². The molecule has 4 nitrogen and oxygen atoms in total. The number of hydrogen-bond donors (Lipinski definition) is 2. The minimum atomic E-state index is 0.692. The summed E-state index contributed by atoms with van der Waals surface area (Å²) >= 11 is 1.66. The van der Waals surface area contributed by atoms with Gasteiger partial charge in [-0.05, 0) is 29.7 Å². The minimum absolute atomic E-state index is 0.692. The van der Waals surface area contributed by atoms with Gasteiger partial charge in [0, 0.05) is 13.6 Å². The first-order chi connectivity index (χ1) is 9.28. The third-order valence-electron chi connectivity index (χ3n) is 4.12. The van der Waals surface area contributed by atoms with Gasteiger partial charge in [-0.1, -0.05) is 19.8 Å². The summed E-state index contributed by atoms with van der Waals surface area (Å²) in [6.45, 7) is 3.38. The van der Waals surface area contributed by atoms with Gasteiger partial charge in [0.25, 0.3) is 0 Å². The van der Waals surface area contributed by atoms with E-state index in [9.17, 15) is 0 Å². The lowest BCUT2D eigenvalue weighted by molar-refractivity contribution is 0.439. The Morgan fingerprint density at radius 1 is 1.37 bits per heavy atom. The summed E-state index contributed by atoms with van der Waals surface area (Å²) in [6.07, 6.45) is 4.07. The van der Waals surface area contributed by atoms with Crippen molar-refractivity contribution in [2.24, 2.45) is 11.8 Å². The molecular weight excluding hydrogens is 256 g/mol. The lowest BCUT2D eigenvalue weighted by Crippen LogP contribution is -2.17. The Labute approximate surface area is 117 Å². The molecule has 19 heavy (non-hydrogen) atoms. The predicted octanol–water partition coefficient (Wildman–Crippen LogP) is 3.58. The summed E-state index contributed by atoms with van der Waals surface area (Å²) < 4.78 is 0. The van der Waals surface area contributed by atoms with Crippen LogP contribution in [0.25, 0.3) is 10.2 Å². The van der Waals surface area contributed by atoms with E-state index in [0.717, 1.165) is 34.4 Å². The molecule has 0 spiro atoms. The zero-order valence-corrected chi connectivity index (χ0v) is 12.3. The topological polar surface area (TPSA) is 49.8 Å². The minimum Gasteiger partial charge on any atom is -0.369 e. The van der Waals surface area contributed by atoms with Gasteiger partial charge in [0.05, 0.1) is 5.39 Å². The van der Waals surface area contributed by atoms with Crippen molar-refractivity contribution in [2.75, 3.05) is 24.2 Å². The molecule has 1 fully saturated rings. The molecule has 2 atom stereocenters. The van der Waals surface area contributed by atoms with Gasteiger partial charge in [0.15, 0.2) is 0 Å². The molecule has 0 amide bonds. The molecule has 102 valence electrons. The predicted molar refractivity (Wildman–Crippen MR) is 82.0 cm³/mol. The average Bonchev–Trinajstić information content (AvgIpc) is 3.04. The highest BCUT2D eigenvalue weighted by Crippen LogP contribution is 2.32. The van der Waals surface area contributed by atoms with Crippen LogP contribution in [0.3, 0.4) is 0 Å². The first-order valence-electron chi connectivity index (χ1n) is 6.95. The Morgan fingerprint density at radius 3 is 3.00 bits per heavy atom. The highest BCUT2D eigenvalue weighted by atomic mass is 32.1. The summed E-state index contributed by atoms with van der Waals surface area (Å²) in [4.78, 5) is 10.1. The molecule has 1 aliphatic carbocycles. The normalized spacial score (nSPS) is 22.8. The highest BCUT2D eigenvalue weighted by Gasteiger charge is 2.23. The number of nitrogens with zero attached hydrogens (tertiary/aromatic N) is 2. The van der Waals surface area contributed by atoms with E-state index in [1.54, 1.807) is 11.3 Å². The molecule has 5 heteroatoms. The Kier molecular flexibility index (Phi) is 3.55.